The molecule has 0 bridgehead atoms. The van der Waals surface area contributed by atoms with E-state index in [4.69, 9.17) is 13.6 Å². The lowest BCUT2D eigenvalue weighted by atomic mass is 9.88. The van der Waals surface area contributed by atoms with Crippen molar-refractivity contribution in [3.63, 3.8) is 0 Å². The van der Waals surface area contributed by atoms with Gasteiger partial charge in [-0.1, -0.05) is 30.3 Å². The Morgan fingerprint density at radius 3 is 2.33 bits per heavy atom. The molecule has 24 heavy (non-hydrogen) atoms. The van der Waals surface area contributed by atoms with E-state index >= 15 is 0 Å². The van der Waals surface area contributed by atoms with Crippen LogP contribution >= 0.6 is 0 Å². The number of benzene rings is 1. The van der Waals surface area contributed by atoms with Gasteiger partial charge in [0.15, 0.2) is 0 Å². The van der Waals surface area contributed by atoms with Crippen LogP contribution in [0.3, 0.4) is 0 Å². The highest BCUT2D eigenvalue weighted by atomic mass is 28.4. The van der Waals surface area contributed by atoms with Crippen molar-refractivity contribution in [1.82, 2.24) is 0 Å². The lowest BCUT2D eigenvalue weighted by molar-refractivity contribution is -0.138. The van der Waals surface area contributed by atoms with Crippen LogP contribution in [0.4, 0.5) is 0 Å². The second kappa shape index (κ2) is 7.07. The van der Waals surface area contributed by atoms with Crippen LogP contribution in [0, 0.1) is 5.92 Å². The van der Waals surface area contributed by atoms with Crippen LogP contribution in [0.5, 0.6) is 0 Å². The minimum atomic E-state index is -3.13. The third-order valence-corrected chi connectivity index (χ3v) is 8.22. The van der Waals surface area contributed by atoms with E-state index in [1.54, 1.807) is 0 Å². The zero-order chi connectivity index (χ0) is 17.2. The fourth-order valence-corrected chi connectivity index (χ4v) is 6.87. The molecular weight excluding hydrogens is 324 g/mol. The maximum absolute atomic E-state index is 11.7. The monoisotopic (exact) mass is 348 g/mol. The topological polar surface area (TPSA) is 65.1 Å². The van der Waals surface area contributed by atoms with Crippen LogP contribution in [0.1, 0.15) is 39.5 Å². The summed E-state index contributed by atoms with van der Waals surface area (Å²) in [6.07, 6.45) is 5.06. The summed E-state index contributed by atoms with van der Waals surface area (Å²) in [5.74, 6) is -0.266. The summed E-state index contributed by atoms with van der Waals surface area (Å²) in [7, 11) is -3.13. The van der Waals surface area contributed by atoms with Crippen molar-refractivity contribution in [3.05, 3.63) is 30.3 Å². The Bertz CT molecular complexity index is 587. The van der Waals surface area contributed by atoms with Crippen LogP contribution in [-0.4, -0.2) is 32.7 Å². The summed E-state index contributed by atoms with van der Waals surface area (Å²) < 4.78 is 17.0. The first-order valence-corrected chi connectivity index (χ1v) is 10.6. The molecule has 1 aliphatic carbocycles. The molecule has 1 heterocycles. The molecule has 0 aromatic heterocycles. The molecule has 3 rings (SSSR count). The minimum absolute atomic E-state index is 0.402. The van der Waals surface area contributed by atoms with Gasteiger partial charge in [0.25, 0.3) is 11.9 Å². The maximum Gasteiger partial charge on any atom is 0.499 e. The lowest BCUT2D eigenvalue weighted by Crippen LogP contribution is -2.55. The first-order valence-electron chi connectivity index (χ1n) is 8.58. The molecule has 6 heteroatoms. The molecule has 2 fully saturated rings. The molecule has 0 spiro atoms. The molecule has 0 amide bonds. The van der Waals surface area contributed by atoms with Crippen LogP contribution in [-0.2, 0) is 23.2 Å². The van der Waals surface area contributed by atoms with E-state index in [1.807, 2.05) is 30.3 Å². The predicted molar refractivity (Wildman–Crippen MR) is 90.8 cm³/mol. The number of carbonyl (C=O) groups is 2. The van der Waals surface area contributed by atoms with Gasteiger partial charge in [0.2, 0.25) is 0 Å². The smallest absolute Gasteiger partial charge is 0.482 e. The second-order valence-electron chi connectivity index (χ2n) is 6.74. The molecule has 1 aromatic carbocycles. The van der Waals surface area contributed by atoms with Gasteiger partial charge in [0.05, 0.1) is 12.2 Å². The molecule has 1 aromatic rings. The van der Waals surface area contributed by atoms with Gasteiger partial charge < -0.3 is 13.6 Å². The number of carbonyl (C=O) groups excluding carboxylic acids is 2. The van der Waals surface area contributed by atoms with E-state index in [-0.39, 0.29) is 0 Å². The van der Waals surface area contributed by atoms with Gasteiger partial charge in [-0.3, -0.25) is 9.59 Å². The van der Waals surface area contributed by atoms with Gasteiger partial charge in [-0.2, -0.15) is 0 Å². The third kappa shape index (κ3) is 4.05. The number of ether oxygens (including phenoxy) is 1. The zero-order valence-corrected chi connectivity index (χ0v) is 15.2. The highest BCUT2D eigenvalue weighted by Crippen LogP contribution is 2.41. The van der Waals surface area contributed by atoms with E-state index in [0.29, 0.717) is 24.2 Å². The number of fused-ring (bicyclic) bond motifs is 1. The Morgan fingerprint density at radius 1 is 1.08 bits per heavy atom. The Morgan fingerprint density at radius 2 is 1.75 bits per heavy atom. The normalized spacial score (nSPS) is 25.5. The Labute approximate surface area is 143 Å². The van der Waals surface area contributed by atoms with Crippen molar-refractivity contribution in [2.24, 2.45) is 5.92 Å². The molecule has 130 valence electrons. The van der Waals surface area contributed by atoms with E-state index in [1.165, 1.54) is 13.8 Å². The van der Waals surface area contributed by atoms with Crippen molar-refractivity contribution in [2.75, 3.05) is 0 Å². The third-order valence-electron chi connectivity index (χ3n) is 4.83. The molecule has 3 unspecified atom stereocenters. The number of rotatable bonds is 6. The maximum atomic E-state index is 11.7. The molecule has 1 saturated carbocycles. The first kappa shape index (κ1) is 17.2. The fraction of sp³-hybridized carbons (Fsp3) is 0.556. The van der Waals surface area contributed by atoms with Gasteiger partial charge in [-0.05, 0) is 31.6 Å². The fourth-order valence-electron chi connectivity index (χ4n) is 3.68. The van der Waals surface area contributed by atoms with E-state index in [9.17, 15) is 9.59 Å². The Balaban J connectivity index is 1.78. The lowest BCUT2D eigenvalue weighted by Gasteiger charge is -2.30. The minimum Gasteiger partial charge on any atom is -0.482 e. The van der Waals surface area contributed by atoms with E-state index in [2.05, 4.69) is 0 Å². The number of hydrogen-bond donors (Lipinski definition) is 0. The quantitative estimate of drug-likeness (QED) is 0.583. The van der Waals surface area contributed by atoms with Crippen LogP contribution in [0.2, 0.25) is 6.04 Å². The molecule has 1 aliphatic heterocycles. The van der Waals surface area contributed by atoms with Crippen molar-refractivity contribution < 1.29 is 23.2 Å². The highest BCUT2D eigenvalue weighted by molar-refractivity contribution is 6.83. The van der Waals surface area contributed by atoms with Gasteiger partial charge in [-0.25, -0.2) is 0 Å². The summed E-state index contributed by atoms with van der Waals surface area (Å²) in [6, 6.07) is 10.0. The van der Waals surface area contributed by atoms with Crippen LogP contribution in [0.25, 0.3) is 0 Å². The van der Waals surface area contributed by atoms with Crippen LogP contribution < -0.4 is 5.19 Å². The van der Waals surface area contributed by atoms with Gasteiger partial charge in [0.1, 0.15) is 0 Å². The summed E-state index contributed by atoms with van der Waals surface area (Å²) >= 11 is 0. The van der Waals surface area contributed by atoms with Crippen molar-refractivity contribution in [3.8, 4) is 0 Å². The Kier molecular flexibility index (Phi) is 5.06. The van der Waals surface area contributed by atoms with Gasteiger partial charge in [0, 0.05) is 25.1 Å². The molecule has 3 atom stereocenters. The molecule has 0 radical (unpaired) electrons. The van der Waals surface area contributed by atoms with E-state index in [0.717, 1.165) is 30.9 Å². The number of epoxide rings is 1. The van der Waals surface area contributed by atoms with Crippen LogP contribution in [0.15, 0.2) is 30.3 Å². The molecule has 0 N–H and O–H groups in total. The number of hydrogen-bond acceptors (Lipinski definition) is 5. The predicted octanol–water partition coefficient (Wildman–Crippen LogP) is 2.42. The van der Waals surface area contributed by atoms with Crippen molar-refractivity contribution in [2.45, 2.75) is 57.8 Å². The average molecular weight is 348 g/mol. The zero-order valence-electron chi connectivity index (χ0n) is 14.2. The SMILES string of the molecule is CC(=O)O[Si](CCC1CCC2OC2C1)(OC(C)=O)c1ccccc1. The summed E-state index contributed by atoms with van der Waals surface area (Å²) in [5.41, 5.74) is 0. The summed E-state index contributed by atoms with van der Waals surface area (Å²) in [5, 5.41) is 0.826. The van der Waals surface area contributed by atoms with Crippen molar-refractivity contribution in [1.29, 1.82) is 0 Å². The molecule has 1 saturated heterocycles. The first-order chi connectivity index (χ1) is 11.5. The van der Waals surface area contributed by atoms with Gasteiger partial charge in [-0.15, -0.1) is 0 Å². The molecule has 5 nitrogen and oxygen atoms in total. The highest BCUT2D eigenvalue weighted by Gasteiger charge is 2.48. The van der Waals surface area contributed by atoms with Gasteiger partial charge >= 0.3 is 8.56 Å². The average Bonchev–Trinajstić information content (AvgIpc) is 3.31. The second-order valence-corrected chi connectivity index (χ2v) is 9.73. The Hall–Kier alpha value is -1.66. The molecule has 2 aliphatic rings. The summed E-state index contributed by atoms with van der Waals surface area (Å²) in [4.78, 5) is 23.5. The standard InChI is InChI=1S/C18H24O5Si/c1-13(19)22-24(23-14(2)20,16-6-4-3-5-7-16)11-10-15-8-9-17-18(12-15)21-17/h3-7,15,17-18H,8-12H2,1-2H3. The molecular formula is C18H24O5Si. The van der Waals surface area contributed by atoms with E-state index < -0.39 is 20.5 Å². The largest absolute Gasteiger partial charge is 0.499 e. The summed E-state index contributed by atoms with van der Waals surface area (Å²) in [6.45, 7) is 2.74. The van der Waals surface area contributed by atoms with Crippen molar-refractivity contribution >= 4 is 25.7 Å².